The Morgan fingerprint density at radius 2 is 2.35 bits per heavy atom. The summed E-state index contributed by atoms with van der Waals surface area (Å²) in [6, 6.07) is 2.28. The van der Waals surface area contributed by atoms with Crippen molar-refractivity contribution in [1.82, 2.24) is 9.78 Å². The van der Waals surface area contributed by atoms with E-state index in [0.29, 0.717) is 32.3 Å². The zero-order chi connectivity index (χ0) is 12.3. The molecule has 1 saturated heterocycles. The van der Waals surface area contributed by atoms with E-state index in [0.717, 1.165) is 5.69 Å². The standard InChI is InChI=1S/C12H20N2O3/c1-9(2)14-4-3-10(13-14)7-11(15)12-8-16-5-6-17-12/h3-4,9,11-12,15H,5-8H2,1-2H3. The van der Waals surface area contributed by atoms with Gasteiger partial charge in [-0.15, -0.1) is 0 Å². The average Bonchev–Trinajstić information content (AvgIpc) is 2.79. The van der Waals surface area contributed by atoms with Crippen LogP contribution in [-0.4, -0.2) is 46.9 Å². The SMILES string of the molecule is CC(C)n1ccc(CC(O)C2COCCO2)n1. The molecular formula is C12H20N2O3. The van der Waals surface area contributed by atoms with E-state index >= 15 is 0 Å². The number of nitrogens with zero attached hydrogens (tertiary/aromatic N) is 2. The molecule has 5 heteroatoms. The van der Waals surface area contributed by atoms with Crippen molar-refractivity contribution >= 4 is 0 Å². The van der Waals surface area contributed by atoms with Crippen LogP contribution < -0.4 is 0 Å². The summed E-state index contributed by atoms with van der Waals surface area (Å²) in [4.78, 5) is 0. The first kappa shape index (κ1) is 12.5. The van der Waals surface area contributed by atoms with E-state index in [1.54, 1.807) is 0 Å². The average molecular weight is 240 g/mol. The molecule has 0 spiro atoms. The number of rotatable bonds is 4. The predicted molar refractivity (Wildman–Crippen MR) is 62.9 cm³/mol. The molecule has 17 heavy (non-hydrogen) atoms. The third-order valence-corrected chi connectivity index (χ3v) is 2.88. The zero-order valence-electron chi connectivity index (χ0n) is 10.4. The molecule has 0 aromatic carbocycles. The van der Waals surface area contributed by atoms with Crippen molar-refractivity contribution in [3.63, 3.8) is 0 Å². The summed E-state index contributed by atoms with van der Waals surface area (Å²) in [5.41, 5.74) is 0.889. The highest BCUT2D eigenvalue weighted by Gasteiger charge is 2.24. The number of aliphatic hydroxyl groups excluding tert-OH is 1. The molecule has 2 unspecified atom stereocenters. The zero-order valence-corrected chi connectivity index (χ0v) is 10.4. The van der Waals surface area contributed by atoms with Crippen molar-refractivity contribution in [2.75, 3.05) is 19.8 Å². The molecule has 2 atom stereocenters. The lowest BCUT2D eigenvalue weighted by atomic mass is 10.1. The summed E-state index contributed by atoms with van der Waals surface area (Å²) in [5.74, 6) is 0. The lowest BCUT2D eigenvalue weighted by molar-refractivity contribution is -0.131. The first-order chi connectivity index (χ1) is 8.16. The predicted octanol–water partition coefficient (Wildman–Crippen LogP) is 0.783. The lowest BCUT2D eigenvalue weighted by Crippen LogP contribution is -2.39. The Labute approximate surface area is 101 Å². The monoisotopic (exact) mass is 240 g/mol. The van der Waals surface area contributed by atoms with Gasteiger partial charge in [0.05, 0.1) is 31.6 Å². The molecule has 0 aliphatic carbocycles. The van der Waals surface area contributed by atoms with E-state index in [9.17, 15) is 5.11 Å². The van der Waals surface area contributed by atoms with Crippen LogP contribution in [0.5, 0.6) is 0 Å². The largest absolute Gasteiger partial charge is 0.390 e. The number of hydrogen-bond acceptors (Lipinski definition) is 4. The van der Waals surface area contributed by atoms with E-state index in [4.69, 9.17) is 9.47 Å². The van der Waals surface area contributed by atoms with Crippen LogP contribution >= 0.6 is 0 Å². The summed E-state index contributed by atoms with van der Waals surface area (Å²) in [5, 5.41) is 14.4. The van der Waals surface area contributed by atoms with Crippen LogP contribution in [0.1, 0.15) is 25.6 Å². The van der Waals surface area contributed by atoms with Crippen LogP contribution in [0.3, 0.4) is 0 Å². The quantitative estimate of drug-likeness (QED) is 0.845. The molecule has 1 aliphatic rings. The summed E-state index contributed by atoms with van der Waals surface area (Å²) >= 11 is 0. The first-order valence-electron chi connectivity index (χ1n) is 6.08. The smallest absolute Gasteiger partial charge is 0.107 e. The summed E-state index contributed by atoms with van der Waals surface area (Å²) in [6.07, 6.45) is 1.66. The van der Waals surface area contributed by atoms with E-state index in [2.05, 4.69) is 18.9 Å². The Morgan fingerprint density at radius 3 is 2.94 bits per heavy atom. The second-order valence-corrected chi connectivity index (χ2v) is 4.64. The molecule has 0 amide bonds. The normalized spacial score (nSPS) is 22.9. The maximum Gasteiger partial charge on any atom is 0.107 e. The summed E-state index contributed by atoms with van der Waals surface area (Å²) in [7, 11) is 0. The van der Waals surface area contributed by atoms with Crippen LogP contribution in [-0.2, 0) is 15.9 Å². The van der Waals surface area contributed by atoms with Gasteiger partial charge in [0.2, 0.25) is 0 Å². The van der Waals surface area contributed by atoms with Crippen LogP contribution in [0.4, 0.5) is 0 Å². The van der Waals surface area contributed by atoms with Crippen LogP contribution in [0, 0.1) is 0 Å². The van der Waals surface area contributed by atoms with Gasteiger partial charge in [-0.25, -0.2) is 0 Å². The number of aromatic nitrogens is 2. The molecule has 1 aliphatic heterocycles. The maximum absolute atomic E-state index is 10.0. The van der Waals surface area contributed by atoms with Gasteiger partial charge < -0.3 is 14.6 Å². The van der Waals surface area contributed by atoms with E-state index < -0.39 is 6.10 Å². The lowest BCUT2D eigenvalue weighted by Gasteiger charge is -2.26. The Morgan fingerprint density at radius 1 is 1.53 bits per heavy atom. The molecule has 1 N–H and O–H groups in total. The van der Waals surface area contributed by atoms with Gasteiger partial charge in [-0.3, -0.25) is 4.68 Å². The second-order valence-electron chi connectivity index (χ2n) is 4.64. The Bertz CT molecular complexity index is 345. The molecule has 1 fully saturated rings. The molecule has 5 nitrogen and oxygen atoms in total. The number of hydrogen-bond donors (Lipinski definition) is 1. The number of ether oxygens (including phenoxy) is 2. The van der Waals surface area contributed by atoms with Crippen molar-refractivity contribution in [2.45, 2.75) is 38.5 Å². The first-order valence-corrected chi connectivity index (χ1v) is 6.08. The fraction of sp³-hybridized carbons (Fsp3) is 0.750. The van der Waals surface area contributed by atoms with Gasteiger partial charge in [0, 0.05) is 18.7 Å². The molecule has 1 aromatic heterocycles. The second kappa shape index (κ2) is 5.62. The van der Waals surface area contributed by atoms with Crippen molar-refractivity contribution in [2.24, 2.45) is 0 Å². The fourth-order valence-electron chi connectivity index (χ4n) is 1.85. The van der Waals surface area contributed by atoms with Gasteiger partial charge in [-0.2, -0.15) is 5.10 Å². The van der Waals surface area contributed by atoms with Gasteiger partial charge in [0.15, 0.2) is 0 Å². The minimum atomic E-state index is -0.550. The Kier molecular flexibility index (Phi) is 4.15. The van der Waals surface area contributed by atoms with Crippen LogP contribution in [0.15, 0.2) is 12.3 Å². The summed E-state index contributed by atoms with van der Waals surface area (Å²) in [6.45, 7) is 5.79. The Hall–Kier alpha value is -0.910. The minimum Gasteiger partial charge on any atom is -0.390 e. The molecular weight excluding hydrogens is 220 g/mol. The van der Waals surface area contributed by atoms with Gasteiger partial charge in [-0.05, 0) is 19.9 Å². The minimum absolute atomic E-state index is 0.229. The van der Waals surface area contributed by atoms with E-state index in [-0.39, 0.29) is 6.10 Å². The molecule has 1 aromatic rings. The van der Waals surface area contributed by atoms with Crippen LogP contribution in [0.25, 0.3) is 0 Å². The highest BCUT2D eigenvalue weighted by Crippen LogP contribution is 2.12. The highest BCUT2D eigenvalue weighted by molar-refractivity contribution is 5.02. The molecule has 96 valence electrons. The third-order valence-electron chi connectivity index (χ3n) is 2.88. The molecule has 0 radical (unpaired) electrons. The van der Waals surface area contributed by atoms with Crippen molar-refractivity contribution in [3.05, 3.63) is 18.0 Å². The van der Waals surface area contributed by atoms with E-state index in [1.807, 2.05) is 16.9 Å². The molecule has 0 saturated carbocycles. The van der Waals surface area contributed by atoms with Crippen molar-refractivity contribution in [3.8, 4) is 0 Å². The van der Waals surface area contributed by atoms with Crippen molar-refractivity contribution in [1.29, 1.82) is 0 Å². The fourth-order valence-corrected chi connectivity index (χ4v) is 1.85. The Balaban J connectivity index is 1.90. The topological polar surface area (TPSA) is 56.5 Å². The maximum atomic E-state index is 10.0. The van der Waals surface area contributed by atoms with Crippen LogP contribution in [0.2, 0.25) is 0 Å². The van der Waals surface area contributed by atoms with Gasteiger partial charge in [0.25, 0.3) is 0 Å². The highest BCUT2D eigenvalue weighted by atomic mass is 16.6. The molecule has 0 bridgehead atoms. The van der Waals surface area contributed by atoms with Gasteiger partial charge in [-0.1, -0.05) is 0 Å². The van der Waals surface area contributed by atoms with Crippen molar-refractivity contribution < 1.29 is 14.6 Å². The van der Waals surface area contributed by atoms with Gasteiger partial charge >= 0.3 is 0 Å². The molecule has 2 rings (SSSR count). The van der Waals surface area contributed by atoms with E-state index in [1.165, 1.54) is 0 Å². The third kappa shape index (κ3) is 3.28. The number of aliphatic hydroxyl groups is 1. The summed E-state index contributed by atoms with van der Waals surface area (Å²) < 4.78 is 12.6. The molecule has 2 heterocycles. The van der Waals surface area contributed by atoms with Gasteiger partial charge in [0.1, 0.15) is 6.10 Å².